The minimum atomic E-state index is -0.152. The van der Waals surface area contributed by atoms with E-state index in [9.17, 15) is 0 Å². The summed E-state index contributed by atoms with van der Waals surface area (Å²) in [6.45, 7) is 4.75. The Labute approximate surface area is 358 Å². The van der Waals surface area contributed by atoms with Gasteiger partial charge >= 0.3 is 0 Å². The van der Waals surface area contributed by atoms with Gasteiger partial charge in [0.1, 0.15) is 0 Å². The van der Waals surface area contributed by atoms with E-state index in [1.54, 1.807) is 0 Å². The highest BCUT2D eigenvalue weighted by Gasteiger charge is 2.41. The quantitative estimate of drug-likeness (QED) is 0.149. The highest BCUT2D eigenvalue weighted by atomic mass is 15.1. The molecule has 290 valence electrons. The van der Waals surface area contributed by atoms with Crippen LogP contribution in [0.15, 0.2) is 231 Å². The van der Waals surface area contributed by atoms with E-state index in [0.29, 0.717) is 0 Å². The van der Waals surface area contributed by atoms with Gasteiger partial charge in [-0.3, -0.25) is 0 Å². The van der Waals surface area contributed by atoms with E-state index in [1.807, 2.05) is 0 Å². The van der Waals surface area contributed by atoms with Gasteiger partial charge in [0.15, 0.2) is 0 Å². The largest absolute Gasteiger partial charge is 0.312 e. The van der Waals surface area contributed by atoms with E-state index in [1.165, 1.54) is 83.5 Å². The van der Waals surface area contributed by atoms with Crippen molar-refractivity contribution in [2.75, 3.05) is 4.90 Å². The molecule has 2 nitrogen and oxygen atoms in total. The van der Waals surface area contributed by atoms with E-state index in [0.717, 1.165) is 17.1 Å². The first-order chi connectivity index (χ1) is 30.0. The summed E-state index contributed by atoms with van der Waals surface area (Å²) in [6, 6.07) is 83.7. The second-order valence-electron chi connectivity index (χ2n) is 16.6. The van der Waals surface area contributed by atoms with Crippen LogP contribution >= 0.6 is 0 Å². The molecule has 0 N–H and O–H groups in total. The summed E-state index contributed by atoms with van der Waals surface area (Å²) in [5.41, 5.74) is 20.7. The summed E-state index contributed by atoms with van der Waals surface area (Å²) >= 11 is 0. The normalized spacial score (nSPS) is 12.6. The van der Waals surface area contributed by atoms with Gasteiger partial charge in [-0.1, -0.05) is 184 Å². The van der Waals surface area contributed by atoms with Crippen molar-refractivity contribution in [2.45, 2.75) is 19.3 Å². The first-order valence-corrected chi connectivity index (χ1v) is 21.2. The summed E-state index contributed by atoms with van der Waals surface area (Å²) in [5, 5.41) is 1.30. The van der Waals surface area contributed by atoms with Gasteiger partial charge < -0.3 is 9.47 Å². The fourth-order valence-electron chi connectivity index (χ4n) is 9.53. The lowest BCUT2D eigenvalue weighted by Gasteiger charge is -2.26. The zero-order chi connectivity index (χ0) is 40.9. The summed E-state index contributed by atoms with van der Waals surface area (Å²) < 4.78 is 2.48. The number of anilines is 3. The summed E-state index contributed by atoms with van der Waals surface area (Å²) in [7, 11) is 0. The van der Waals surface area contributed by atoms with Crippen LogP contribution in [0.3, 0.4) is 0 Å². The van der Waals surface area contributed by atoms with Gasteiger partial charge in [0.2, 0.25) is 0 Å². The lowest BCUT2D eigenvalue weighted by atomic mass is 9.84. The van der Waals surface area contributed by atoms with E-state index in [-0.39, 0.29) is 5.41 Å². The zero-order valence-corrected chi connectivity index (χ0v) is 34.3. The Bertz CT molecular complexity index is 3060. The Balaban J connectivity index is 0.910. The van der Waals surface area contributed by atoms with Crippen molar-refractivity contribution in [2.24, 2.45) is 0 Å². The fraction of sp³-hybridized carbons (Fsp3) is 0.0508. The molecule has 11 rings (SSSR count). The van der Waals surface area contributed by atoms with Gasteiger partial charge in [0.25, 0.3) is 0 Å². The van der Waals surface area contributed by atoms with E-state index in [2.05, 4.69) is 254 Å². The number of hydrogen-bond donors (Lipinski definition) is 0. The lowest BCUT2D eigenvalue weighted by molar-refractivity contribution is 0.624. The SMILES string of the molecule is CC1(C)c2ccc(-c3ccc(-c4ccc(N(c5ccc(-c6ccccc6)cc5)c5ccc(-c6ccccc6)cc5)cc4)cc3)cc2-c2c1n(-c1ccccc1)c1ccccc21. The molecule has 1 aromatic heterocycles. The van der Waals surface area contributed by atoms with Crippen LogP contribution in [0, 0.1) is 0 Å². The van der Waals surface area contributed by atoms with Gasteiger partial charge in [-0.15, -0.1) is 0 Å². The molecule has 9 aromatic carbocycles. The maximum atomic E-state index is 2.48. The highest BCUT2D eigenvalue weighted by Crippen LogP contribution is 2.54. The molecule has 0 unspecified atom stereocenters. The van der Waals surface area contributed by atoms with Crippen LogP contribution in [0.2, 0.25) is 0 Å². The molecule has 1 aliphatic rings. The minimum absolute atomic E-state index is 0.152. The van der Waals surface area contributed by atoms with Crippen LogP contribution in [0.5, 0.6) is 0 Å². The van der Waals surface area contributed by atoms with Gasteiger partial charge in [-0.2, -0.15) is 0 Å². The number of nitrogens with zero attached hydrogens (tertiary/aromatic N) is 2. The number of benzene rings is 9. The van der Waals surface area contributed by atoms with Crippen LogP contribution < -0.4 is 4.90 Å². The molecule has 0 saturated heterocycles. The van der Waals surface area contributed by atoms with Crippen molar-refractivity contribution >= 4 is 28.0 Å². The molecule has 0 bridgehead atoms. The number of aromatic nitrogens is 1. The van der Waals surface area contributed by atoms with E-state index in [4.69, 9.17) is 0 Å². The molecule has 2 heteroatoms. The second kappa shape index (κ2) is 14.9. The zero-order valence-electron chi connectivity index (χ0n) is 34.3. The second-order valence-corrected chi connectivity index (χ2v) is 16.6. The molecule has 0 aliphatic heterocycles. The summed E-state index contributed by atoms with van der Waals surface area (Å²) in [6.07, 6.45) is 0. The third-order valence-corrected chi connectivity index (χ3v) is 12.6. The molecule has 1 heterocycles. The summed E-state index contributed by atoms with van der Waals surface area (Å²) in [5.74, 6) is 0. The van der Waals surface area contributed by atoms with Crippen molar-refractivity contribution < 1.29 is 0 Å². The Hall–Kier alpha value is -7.68. The van der Waals surface area contributed by atoms with Gasteiger partial charge in [0.05, 0.1) is 5.52 Å². The Morgan fingerprint density at radius 2 is 0.738 bits per heavy atom. The standard InChI is InChI=1S/C59H44N2/c1-59(2)55-39-32-48(40-54(55)57-53-20-12-13-21-56(53)61(58(57)59)49-18-10-5-11-19-49)47-24-22-43(23-25-47)46-30-37-52(38-31-46)60(50-33-26-44(27-34-50)41-14-6-3-7-15-41)51-35-28-45(29-36-51)42-16-8-4-9-17-42/h3-40H,1-2H3. The van der Waals surface area contributed by atoms with Crippen molar-refractivity contribution in [3.8, 4) is 61.3 Å². The van der Waals surface area contributed by atoms with Gasteiger partial charge in [-0.05, 0) is 116 Å². The lowest BCUT2D eigenvalue weighted by Crippen LogP contribution is -2.19. The molecule has 61 heavy (non-hydrogen) atoms. The topological polar surface area (TPSA) is 8.17 Å². The van der Waals surface area contributed by atoms with E-state index < -0.39 is 0 Å². The van der Waals surface area contributed by atoms with Crippen LogP contribution in [-0.2, 0) is 5.41 Å². The summed E-state index contributed by atoms with van der Waals surface area (Å²) in [4.78, 5) is 2.34. The molecular weight excluding hydrogens is 737 g/mol. The maximum absolute atomic E-state index is 2.48. The first kappa shape index (κ1) is 36.4. The maximum Gasteiger partial charge on any atom is 0.0538 e. The molecule has 0 spiro atoms. The van der Waals surface area contributed by atoms with Crippen molar-refractivity contribution in [1.29, 1.82) is 0 Å². The van der Waals surface area contributed by atoms with Crippen LogP contribution in [0.25, 0.3) is 72.2 Å². The van der Waals surface area contributed by atoms with Gasteiger partial charge in [0, 0.05) is 44.8 Å². The Morgan fingerprint density at radius 1 is 0.361 bits per heavy atom. The van der Waals surface area contributed by atoms with Crippen molar-refractivity contribution in [3.05, 3.63) is 242 Å². The molecule has 0 saturated carbocycles. The fourth-order valence-corrected chi connectivity index (χ4v) is 9.53. The third kappa shape index (κ3) is 6.36. The monoisotopic (exact) mass is 780 g/mol. The van der Waals surface area contributed by atoms with Crippen molar-refractivity contribution in [1.82, 2.24) is 4.57 Å². The molecule has 0 radical (unpaired) electrons. The Kier molecular flexibility index (Phi) is 8.86. The predicted octanol–water partition coefficient (Wildman–Crippen LogP) is 16.1. The number of rotatable bonds is 8. The molecule has 0 amide bonds. The predicted molar refractivity (Wildman–Crippen MR) is 257 cm³/mol. The van der Waals surface area contributed by atoms with Crippen molar-refractivity contribution in [3.63, 3.8) is 0 Å². The number of fused-ring (bicyclic) bond motifs is 5. The highest BCUT2D eigenvalue weighted by molar-refractivity contribution is 6.04. The molecule has 0 fully saturated rings. The molecular formula is C59H44N2. The van der Waals surface area contributed by atoms with Crippen LogP contribution in [-0.4, -0.2) is 4.57 Å². The molecule has 0 atom stereocenters. The van der Waals surface area contributed by atoms with Gasteiger partial charge in [-0.25, -0.2) is 0 Å². The minimum Gasteiger partial charge on any atom is -0.312 e. The van der Waals surface area contributed by atoms with Crippen LogP contribution in [0.4, 0.5) is 17.1 Å². The van der Waals surface area contributed by atoms with E-state index >= 15 is 0 Å². The molecule has 1 aliphatic carbocycles. The average Bonchev–Trinajstić information content (AvgIpc) is 3.80. The van der Waals surface area contributed by atoms with Crippen LogP contribution in [0.1, 0.15) is 25.1 Å². The molecule has 10 aromatic rings. The smallest absolute Gasteiger partial charge is 0.0538 e. The third-order valence-electron chi connectivity index (χ3n) is 12.6. The Morgan fingerprint density at radius 3 is 1.23 bits per heavy atom. The first-order valence-electron chi connectivity index (χ1n) is 21.2. The number of hydrogen-bond acceptors (Lipinski definition) is 1. The number of para-hydroxylation sites is 2. The average molecular weight is 781 g/mol.